The number of methoxy groups -OCH3 is 1. The molecule has 1 aromatic heterocycles. The second kappa shape index (κ2) is 5.70. The van der Waals surface area contributed by atoms with Crippen molar-refractivity contribution in [3.05, 3.63) is 46.2 Å². The largest absolute Gasteiger partial charge is 0.493 e. The Morgan fingerprint density at radius 2 is 2.29 bits per heavy atom. The van der Waals surface area contributed by atoms with Crippen LogP contribution in [0.1, 0.15) is 29.8 Å². The third-order valence-corrected chi connectivity index (χ3v) is 5.72. The number of carbonyl (C=O) groups excluding carboxylic acids is 1. The number of fused-ring (bicyclic) bond motifs is 4. The molecule has 126 valence electrons. The zero-order valence-electron chi connectivity index (χ0n) is 13.7. The number of urea groups is 1. The number of hydrogen-bond acceptors (Lipinski definition) is 4. The number of rotatable bonds is 4. The Morgan fingerprint density at radius 3 is 3.04 bits per heavy atom. The van der Waals surface area contributed by atoms with Gasteiger partial charge in [0.15, 0.2) is 17.2 Å². The fourth-order valence-electron chi connectivity index (χ4n) is 3.58. The summed E-state index contributed by atoms with van der Waals surface area (Å²) >= 11 is 1.71. The van der Waals surface area contributed by atoms with Crippen molar-refractivity contribution in [3.63, 3.8) is 0 Å². The average Bonchev–Trinajstić information content (AvgIpc) is 3.07. The molecule has 1 fully saturated rings. The van der Waals surface area contributed by atoms with Crippen LogP contribution in [0.2, 0.25) is 0 Å². The van der Waals surface area contributed by atoms with Gasteiger partial charge in [0, 0.05) is 23.4 Å². The summed E-state index contributed by atoms with van der Waals surface area (Å²) in [7, 11) is 1.64. The van der Waals surface area contributed by atoms with E-state index in [9.17, 15) is 4.79 Å². The van der Waals surface area contributed by atoms with Gasteiger partial charge in [0.1, 0.15) is 0 Å². The SMILES string of the molecule is COc1cccc2c1OC1(C)CC2NC(=O)N1CCc1cccs1. The molecule has 0 spiro atoms. The molecule has 2 bridgehead atoms. The highest BCUT2D eigenvalue weighted by molar-refractivity contribution is 7.09. The third kappa shape index (κ3) is 2.41. The summed E-state index contributed by atoms with van der Waals surface area (Å²) in [6, 6.07) is 9.83. The minimum absolute atomic E-state index is 0.0423. The van der Waals surface area contributed by atoms with E-state index in [2.05, 4.69) is 16.8 Å². The van der Waals surface area contributed by atoms with E-state index in [-0.39, 0.29) is 12.1 Å². The fourth-order valence-corrected chi connectivity index (χ4v) is 4.28. The maximum Gasteiger partial charge on any atom is 0.320 e. The minimum atomic E-state index is -0.661. The van der Waals surface area contributed by atoms with E-state index >= 15 is 0 Å². The van der Waals surface area contributed by atoms with Gasteiger partial charge >= 0.3 is 6.03 Å². The van der Waals surface area contributed by atoms with E-state index in [1.54, 1.807) is 23.3 Å². The lowest BCUT2D eigenvalue weighted by atomic mass is 9.90. The van der Waals surface area contributed by atoms with Gasteiger partial charge in [-0.05, 0) is 30.9 Å². The van der Waals surface area contributed by atoms with E-state index in [0.717, 1.165) is 24.2 Å². The van der Waals surface area contributed by atoms with Gasteiger partial charge in [0.25, 0.3) is 0 Å². The Labute approximate surface area is 145 Å². The first kappa shape index (κ1) is 15.3. The first-order valence-corrected chi connectivity index (χ1v) is 8.95. The molecule has 1 aromatic carbocycles. The van der Waals surface area contributed by atoms with Gasteiger partial charge in [0.2, 0.25) is 0 Å². The van der Waals surface area contributed by atoms with Gasteiger partial charge < -0.3 is 14.8 Å². The van der Waals surface area contributed by atoms with Crippen LogP contribution in [-0.4, -0.2) is 30.3 Å². The molecule has 2 aromatic rings. The van der Waals surface area contributed by atoms with Gasteiger partial charge in [0.05, 0.1) is 13.2 Å². The Balaban J connectivity index is 1.64. The first-order valence-electron chi connectivity index (χ1n) is 8.07. The molecular formula is C18H20N2O3S. The summed E-state index contributed by atoms with van der Waals surface area (Å²) in [6.07, 6.45) is 1.55. The molecule has 3 heterocycles. The van der Waals surface area contributed by atoms with Crippen LogP contribution >= 0.6 is 11.3 Å². The highest BCUT2D eigenvalue weighted by Crippen LogP contribution is 2.47. The van der Waals surface area contributed by atoms with Crippen LogP contribution < -0.4 is 14.8 Å². The van der Waals surface area contributed by atoms with Gasteiger partial charge in [-0.3, -0.25) is 4.90 Å². The van der Waals surface area contributed by atoms with E-state index in [0.29, 0.717) is 12.3 Å². The number of ether oxygens (including phenoxy) is 2. The molecule has 1 N–H and O–H groups in total. The van der Waals surface area contributed by atoms with Crippen LogP contribution in [0.5, 0.6) is 11.5 Å². The van der Waals surface area contributed by atoms with E-state index in [1.807, 2.05) is 31.2 Å². The van der Waals surface area contributed by atoms with Crippen molar-refractivity contribution in [2.24, 2.45) is 0 Å². The van der Waals surface area contributed by atoms with Gasteiger partial charge in [-0.15, -0.1) is 11.3 Å². The maximum atomic E-state index is 12.6. The molecule has 0 aliphatic carbocycles. The second-order valence-electron chi connectivity index (χ2n) is 6.34. The lowest BCUT2D eigenvalue weighted by Gasteiger charge is -2.50. The number of nitrogens with zero attached hydrogens (tertiary/aromatic N) is 1. The molecule has 5 nitrogen and oxygen atoms in total. The summed E-state index contributed by atoms with van der Waals surface area (Å²) in [5.41, 5.74) is 0.324. The molecule has 4 rings (SSSR count). The van der Waals surface area contributed by atoms with Crippen LogP contribution in [0.15, 0.2) is 35.7 Å². The topological polar surface area (TPSA) is 50.8 Å². The normalized spacial score (nSPS) is 24.8. The third-order valence-electron chi connectivity index (χ3n) is 4.79. The predicted molar refractivity (Wildman–Crippen MR) is 92.6 cm³/mol. The molecule has 0 radical (unpaired) electrons. The molecule has 2 aliphatic rings. The lowest BCUT2D eigenvalue weighted by molar-refractivity contribution is -0.0844. The fraction of sp³-hybridized carbons (Fsp3) is 0.389. The zero-order valence-corrected chi connectivity index (χ0v) is 14.6. The quantitative estimate of drug-likeness (QED) is 0.922. The Kier molecular flexibility index (Phi) is 3.64. The monoisotopic (exact) mass is 344 g/mol. The number of hydrogen-bond donors (Lipinski definition) is 1. The smallest absolute Gasteiger partial charge is 0.320 e. The average molecular weight is 344 g/mol. The molecule has 2 atom stereocenters. The van der Waals surface area contributed by atoms with Crippen LogP contribution in [0.3, 0.4) is 0 Å². The zero-order chi connectivity index (χ0) is 16.7. The van der Waals surface area contributed by atoms with E-state index in [4.69, 9.17) is 9.47 Å². The molecule has 2 amide bonds. The number of para-hydroxylation sites is 1. The van der Waals surface area contributed by atoms with Crippen molar-refractivity contribution in [2.45, 2.75) is 31.5 Å². The summed E-state index contributed by atoms with van der Waals surface area (Å²) in [4.78, 5) is 15.7. The van der Waals surface area contributed by atoms with E-state index in [1.165, 1.54) is 4.88 Å². The van der Waals surface area contributed by atoms with Crippen LogP contribution in [0, 0.1) is 0 Å². The number of benzene rings is 1. The summed E-state index contributed by atoms with van der Waals surface area (Å²) in [5, 5.41) is 5.17. The summed E-state index contributed by atoms with van der Waals surface area (Å²) in [5.74, 6) is 1.44. The number of nitrogens with one attached hydrogen (secondary N) is 1. The van der Waals surface area contributed by atoms with Gasteiger partial charge in [-0.1, -0.05) is 18.2 Å². The summed E-state index contributed by atoms with van der Waals surface area (Å²) < 4.78 is 11.8. The molecular weight excluding hydrogens is 324 g/mol. The second-order valence-corrected chi connectivity index (χ2v) is 7.38. The Morgan fingerprint density at radius 1 is 1.42 bits per heavy atom. The van der Waals surface area contributed by atoms with Crippen molar-refractivity contribution in [3.8, 4) is 11.5 Å². The lowest BCUT2D eigenvalue weighted by Crippen LogP contribution is -2.65. The van der Waals surface area contributed by atoms with Crippen molar-refractivity contribution in [1.29, 1.82) is 0 Å². The Hall–Kier alpha value is -2.21. The summed E-state index contributed by atoms with van der Waals surface area (Å²) in [6.45, 7) is 2.61. The predicted octanol–water partition coefficient (Wildman–Crippen LogP) is 3.56. The molecule has 24 heavy (non-hydrogen) atoms. The highest BCUT2D eigenvalue weighted by atomic mass is 32.1. The molecule has 2 aliphatic heterocycles. The van der Waals surface area contributed by atoms with Crippen molar-refractivity contribution >= 4 is 17.4 Å². The van der Waals surface area contributed by atoms with E-state index < -0.39 is 5.72 Å². The molecule has 0 saturated carbocycles. The van der Waals surface area contributed by atoms with Crippen molar-refractivity contribution in [1.82, 2.24) is 10.2 Å². The molecule has 6 heteroatoms. The van der Waals surface area contributed by atoms with Crippen molar-refractivity contribution < 1.29 is 14.3 Å². The van der Waals surface area contributed by atoms with Crippen LogP contribution in [0.25, 0.3) is 0 Å². The number of thiophene rings is 1. The molecule has 1 saturated heterocycles. The molecule has 2 unspecified atom stereocenters. The van der Waals surface area contributed by atoms with Crippen LogP contribution in [0.4, 0.5) is 4.79 Å². The van der Waals surface area contributed by atoms with Gasteiger partial charge in [-0.2, -0.15) is 0 Å². The minimum Gasteiger partial charge on any atom is -0.493 e. The highest BCUT2D eigenvalue weighted by Gasteiger charge is 2.49. The Bertz CT molecular complexity index is 762. The van der Waals surface area contributed by atoms with Crippen molar-refractivity contribution in [2.75, 3.05) is 13.7 Å². The van der Waals surface area contributed by atoms with Crippen LogP contribution in [-0.2, 0) is 6.42 Å². The maximum absolute atomic E-state index is 12.6. The number of amides is 2. The standard InChI is InChI=1S/C18H20N2O3S/c1-18-11-14(13-6-3-7-15(22-2)16(13)23-18)19-17(21)20(18)9-8-12-5-4-10-24-12/h3-7,10,14H,8-9,11H2,1-2H3,(H,19,21). The number of carbonyl (C=O) groups is 1. The van der Waals surface area contributed by atoms with Gasteiger partial charge in [-0.25, -0.2) is 4.79 Å². The first-order chi connectivity index (χ1) is 11.6.